The van der Waals surface area contributed by atoms with E-state index in [0.29, 0.717) is 0 Å². The van der Waals surface area contributed by atoms with Crippen molar-refractivity contribution in [3.05, 3.63) is 53.8 Å². The number of nitrogens with zero attached hydrogens (tertiary/aromatic N) is 3. The third kappa shape index (κ3) is 2.82. The number of piperazine rings is 1. The van der Waals surface area contributed by atoms with E-state index in [1.54, 1.807) is 6.07 Å². The Hall–Kier alpha value is -2.74. The number of halogens is 1. The summed E-state index contributed by atoms with van der Waals surface area (Å²) in [7, 11) is 0. The molecular formula is C17H17FN4. The number of benzene rings is 2. The van der Waals surface area contributed by atoms with Gasteiger partial charge in [-0.3, -0.25) is 0 Å². The van der Waals surface area contributed by atoms with Crippen LogP contribution < -0.4 is 15.5 Å². The lowest BCUT2D eigenvalue weighted by Crippen LogP contribution is -2.46. The van der Waals surface area contributed by atoms with E-state index in [-0.39, 0.29) is 5.56 Å². The third-order valence-corrected chi connectivity index (χ3v) is 3.98. The molecule has 0 aliphatic carbocycles. The summed E-state index contributed by atoms with van der Waals surface area (Å²) in [5.74, 6) is -0.457. The van der Waals surface area contributed by atoms with E-state index < -0.39 is 5.82 Å². The monoisotopic (exact) mass is 296 g/mol. The summed E-state index contributed by atoms with van der Waals surface area (Å²) >= 11 is 0. The lowest BCUT2D eigenvalue weighted by molar-refractivity contribution is 0.617. The summed E-state index contributed by atoms with van der Waals surface area (Å²) in [5.41, 5.74) is 8.53. The molecule has 4 nitrogen and oxygen atoms in total. The van der Waals surface area contributed by atoms with Crippen molar-refractivity contribution in [1.82, 2.24) is 0 Å². The molecule has 0 radical (unpaired) electrons. The van der Waals surface area contributed by atoms with E-state index in [0.717, 1.165) is 43.2 Å². The van der Waals surface area contributed by atoms with Gasteiger partial charge in [0.15, 0.2) is 0 Å². The number of nitriles is 1. The Morgan fingerprint density at radius 1 is 0.909 bits per heavy atom. The maximum atomic E-state index is 13.7. The molecule has 5 heteroatoms. The highest BCUT2D eigenvalue weighted by atomic mass is 19.1. The van der Waals surface area contributed by atoms with Crippen LogP contribution in [0.4, 0.5) is 21.5 Å². The zero-order chi connectivity index (χ0) is 15.5. The Kier molecular flexibility index (Phi) is 3.84. The van der Waals surface area contributed by atoms with Crippen LogP contribution in [0.5, 0.6) is 0 Å². The minimum Gasteiger partial charge on any atom is -0.399 e. The molecule has 1 aliphatic heterocycles. The number of nitrogen functional groups attached to an aromatic ring is 1. The summed E-state index contributed by atoms with van der Waals surface area (Å²) < 4.78 is 13.7. The highest BCUT2D eigenvalue weighted by molar-refractivity contribution is 5.56. The van der Waals surface area contributed by atoms with Crippen molar-refractivity contribution in [2.24, 2.45) is 0 Å². The smallest absolute Gasteiger partial charge is 0.143 e. The van der Waals surface area contributed by atoms with Crippen LogP contribution in [0.15, 0.2) is 42.5 Å². The molecule has 0 amide bonds. The topological polar surface area (TPSA) is 56.3 Å². The van der Waals surface area contributed by atoms with Gasteiger partial charge in [-0.1, -0.05) is 0 Å². The SMILES string of the molecule is N#Cc1ccc(N2CCN(c3ccc(N)cc3)CC2)cc1F. The van der Waals surface area contributed by atoms with Gasteiger partial charge < -0.3 is 15.5 Å². The molecule has 112 valence electrons. The molecule has 2 N–H and O–H groups in total. The van der Waals surface area contributed by atoms with Gasteiger partial charge in [0.25, 0.3) is 0 Å². The number of rotatable bonds is 2. The van der Waals surface area contributed by atoms with Crippen LogP contribution in [-0.2, 0) is 0 Å². The minimum absolute atomic E-state index is 0.0873. The van der Waals surface area contributed by atoms with E-state index >= 15 is 0 Å². The fourth-order valence-corrected chi connectivity index (χ4v) is 2.70. The summed E-state index contributed by atoms with van der Waals surface area (Å²) in [6.45, 7) is 3.36. The van der Waals surface area contributed by atoms with Gasteiger partial charge in [0.05, 0.1) is 5.56 Å². The van der Waals surface area contributed by atoms with Gasteiger partial charge in [0, 0.05) is 43.2 Å². The molecule has 1 heterocycles. The quantitative estimate of drug-likeness (QED) is 0.866. The van der Waals surface area contributed by atoms with E-state index in [9.17, 15) is 4.39 Å². The standard InChI is InChI=1S/C17H17FN4/c18-17-11-16(4-1-13(17)12-19)22-9-7-21(8-10-22)15-5-2-14(20)3-6-15/h1-6,11H,7-10,20H2. The summed E-state index contributed by atoms with van der Waals surface area (Å²) in [4.78, 5) is 4.42. The Bertz CT molecular complexity index is 698. The van der Waals surface area contributed by atoms with Crippen LogP contribution in [0.1, 0.15) is 5.56 Å². The van der Waals surface area contributed by atoms with Gasteiger partial charge in [0.2, 0.25) is 0 Å². The van der Waals surface area contributed by atoms with Crippen molar-refractivity contribution in [3.8, 4) is 6.07 Å². The van der Waals surface area contributed by atoms with Gasteiger partial charge in [-0.15, -0.1) is 0 Å². The van der Waals surface area contributed by atoms with Gasteiger partial charge >= 0.3 is 0 Å². The van der Waals surface area contributed by atoms with Crippen LogP contribution in [0.25, 0.3) is 0 Å². The van der Waals surface area contributed by atoms with E-state index in [1.807, 2.05) is 30.3 Å². The van der Waals surface area contributed by atoms with Gasteiger partial charge in [-0.25, -0.2) is 4.39 Å². The molecule has 1 aliphatic rings. The zero-order valence-corrected chi connectivity index (χ0v) is 12.2. The second-order valence-electron chi connectivity index (χ2n) is 5.34. The number of nitrogens with two attached hydrogens (primary N) is 1. The largest absolute Gasteiger partial charge is 0.399 e. The summed E-state index contributed by atoms with van der Waals surface area (Å²) in [6.07, 6.45) is 0. The number of hydrogen-bond acceptors (Lipinski definition) is 4. The normalized spacial score (nSPS) is 14.7. The van der Waals surface area contributed by atoms with Crippen molar-refractivity contribution in [2.75, 3.05) is 41.7 Å². The average molecular weight is 296 g/mol. The molecule has 3 rings (SSSR count). The van der Waals surface area contributed by atoms with E-state index in [1.165, 1.54) is 12.1 Å². The summed E-state index contributed by atoms with van der Waals surface area (Å²) in [5, 5.41) is 8.78. The van der Waals surface area contributed by atoms with Crippen LogP contribution in [0, 0.1) is 17.1 Å². The van der Waals surface area contributed by atoms with Crippen LogP contribution >= 0.6 is 0 Å². The maximum absolute atomic E-state index is 13.7. The van der Waals surface area contributed by atoms with Gasteiger partial charge in [-0.2, -0.15) is 5.26 Å². The number of hydrogen-bond donors (Lipinski definition) is 1. The average Bonchev–Trinajstić information content (AvgIpc) is 2.56. The lowest BCUT2D eigenvalue weighted by Gasteiger charge is -2.37. The predicted octanol–water partition coefficient (Wildman–Crippen LogP) is 2.61. The first-order valence-electron chi connectivity index (χ1n) is 7.22. The highest BCUT2D eigenvalue weighted by Crippen LogP contribution is 2.23. The first-order chi connectivity index (χ1) is 10.7. The molecule has 0 aromatic heterocycles. The van der Waals surface area contributed by atoms with E-state index in [4.69, 9.17) is 11.0 Å². The van der Waals surface area contributed by atoms with Crippen molar-refractivity contribution >= 4 is 17.1 Å². The zero-order valence-electron chi connectivity index (χ0n) is 12.2. The highest BCUT2D eigenvalue weighted by Gasteiger charge is 2.18. The van der Waals surface area contributed by atoms with Crippen LogP contribution in [0.3, 0.4) is 0 Å². The molecule has 1 saturated heterocycles. The molecule has 1 fully saturated rings. The Labute approximate surface area is 129 Å². The molecule has 0 saturated carbocycles. The van der Waals surface area contributed by atoms with E-state index in [2.05, 4.69) is 9.80 Å². The molecule has 0 unspecified atom stereocenters. The van der Waals surface area contributed by atoms with Gasteiger partial charge in [0.1, 0.15) is 11.9 Å². The second kappa shape index (κ2) is 5.94. The molecule has 2 aromatic rings. The second-order valence-corrected chi connectivity index (χ2v) is 5.34. The van der Waals surface area contributed by atoms with Crippen molar-refractivity contribution < 1.29 is 4.39 Å². The van der Waals surface area contributed by atoms with Gasteiger partial charge in [-0.05, 0) is 42.5 Å². The minimum atomic E-state index is -0.457. The Morgan fingerprint density at radius 2 is 1.45 bits per heavy atom. The van der Waals surface area contributed by atoms with Crippen LogP contribution in [-0.4, -0.2) is 26.2 Å². The molecule has 0 atom stereocenters. The molecular weight excluding hydrogens is 279 g/mol. The third-order valence-electron chi connectivity index (χ3n) is 3.98. The molecule has 0 bridgehead atoms. The molecule has 2 aromatic carbocycles. The Morgan fingerprint density at radius 3 is 2.00 bits per heavy atom. The van der Waals surface area contributed by atoms with Crippen molar-refractivity contribution in [1.29, 1.82) is 5.26 Å². The fourth-order valence-electron chi connectivity index (χ4n) is 2.70. The first-order valence-corrected chi connectivity index (χ1v) is 7.22. The maximum Gasteiger partial charge on any atom is 0.143 e. The Balaban J connectivity index is 1.68. The molecule has 0 spiro atoms. The fraction of sp³-hybridized carbons (Fsp3) is 0.235. The summed E-state index contributed by atoms with van der Waals surface area (Å²) in [6, 6.07) is 14.5. The van der Waals surface area contributed by atoms with Crippen molar-refractivity contribution in [2.45, 2.75) is 0 Å². The lowest BCUT2D eigenvalue weighted by atomic mass is 10.1. The van der Waals surface area contributed by atoms with Crippen molar-refractivity contribution in [3.63, 3.8) is 0 Å². The predicted molar refractivity (Wildman–Crippen MR) is 86.4 cm³/mol. The van der Waals surface area contributed by atoms with Crippen LogP contribution in [0.2, 0.25) is 0 Å². The molecule has 22 heavy (non-hydrogen) atoms. The number of anilines is 3. The first kappa shape index (κ1) is 14.2.